The lowest BCUT2D eigenvalue weighted by molar-refractivity contribution is 0.0525. The molecular formula is C13H20N4O2. The Kier molecular flexibility index (Phi) is 4.68. The molecule has 1 aromatic heterocycles. The summed E-state index contributed by atoms with van der Waals surface area (Å²) in [7, 11) is 2.13. The van der Waals surface area contributed by atoms with Gasteiger partial charge < -0.3 is 15.0 Å². The summed E-state index contributed by atoms with van der Waals surface area (Å²) in [5.74, 6) is 0.191. The van der Waals surface area contributed by atoms with Crippen LogP contribution in [0.1, 0.15) is 30.1 Å². The van der Waals surface area contributed by atoms with Gasteiger partial charge in [0.1, 0.15) is 0 Å². The van der Waals surface area contributed by atoms with Gasteiger partial charge in [-0.05, 0) is 39.9 Å². The van der Waals surface area contributed by atoms with Crippen molar-refractivity contribution in [1.82, 2.24) is 14.9 Å². The second kappa shape index (κ2) is 6.47. The van der Waals surface area contributed by atoms with Crippen LogP contribution in [0.3, 0.4) is 0 Å². The van der Waals surface area contributed by atoms with Gasteiger partial charge in [0.25, 0.3) is 0 Å². The SMILES string of the molecule is CCOC(=O)c1cnc(NC2CCN(C)CC2)nc1. The molecule has 2 rings (SSSR count). The number of aromatic nitrogens is 2. The molecule has 6 nitrogen and oxygen atoms in total. The van der Waals surface area contributed by atoms with Gasteiger partial charge in [0, 0.05) is 18.4 Å². The van der Waals surface area contributed by atoms with Crippen LogP contribution >= 0.6 is 0 Å². The Labute approximate surface area is 113 Å². The molecule has 1 N–H and O–H groups in total. The molecule has 0 aliphatic carbocycles. The van der Waals surface area contributed by atoms with E-state index in [1.807, 2.05) is 0 Å². The average Bonchev–Trinajstić information content (AvgIpc) is 2.42. The Morgan fingerprint density at radius 1 is 1.42 bits per heavy atom. The van der Waals surface area contributed by atoms with Gasteiger partial charge in [-0.25, -0.2) is 14.8 Å². The number of rotatable bonds is 4. The quantitative estimate of drug-likeness (QED) is 0.823. The van der Waals surface area contributed by atoms with Crippen LogP contribution in [0.15, 0.2) is 12.4 Å². The van der Waals surface area contributed by atoms with Crippen LogP contribution in [0.4, 0.5) is 5.95 Å². The third-order valence-corrected chi connectivity index (χ3v) is 3.21. The number of nitrogens with zero attached hydrogens (tertiary/aromatic N) is 3. The fourth-order valence-electron chi connectivity index (χ4n) is 2.06. The van der Waals surface area contributed by atoms with Crippen molar-refractivity contribution in [3.8, 4) is 0 Å². The Bertz CT molecular complexity index is 413. The van der Waals surface area contributed by atoms with Crippen LogP contribution in [0.2, 0.25) is 0 Å². The lowest BCUT2D eigenvalue weighted by atomic mass is 10.1. The van der Waals surface area contributed by atoms with Gasteiger partial charge in [0.05, 0.1) is 12.2 Å². The average molecular weight is 264 g/mol. The van der Waals surface area contributed by atoms with Crippen LogP contribution in [0.5, 0.6) is 0 Å². The number of ether oxygens (including phenoxy) is 1. The largest absolute Gasteiger partial charge is 0.462 e. The molecule has 1 aromatic rings. The van der Waals surface area contributed by atoms with Crippen molar-refractivity contribution in [2.24, 2.45) is 0 Å². The molecule has 0 radical (unpaired) electrons. The predicted molar refractivity (Wildman–Crippen MR) is 72.1 cm³/mol. The molecule has 104 valence electrons. The molecule has 0 unspecified atom stereocenters. The van der Waals surface area contributed by atoms with Gasteiger partial charge in [0.2, 0.25) is 5.95 Å². The first-order valence-corrected chi connectivity index (χ1v) is 6.63. The highest BCUT2D eigenvalue weighted by Crippen LogP contribution is 2.12. The minimum absolute atomic E-state index is 0.356. The molecule has 0 atom stereocenters. The molecule has 1 saturated heterocycles. The third kappa shape index (κ3) is 3.89. The lowest BCUT2D eigenvalue weighted by Gasteiger charge is -2.29. The highest BCUT2D eigenvalue weighted by Gasteiger charge is 2.17. The van der Waals surface area contributed by atoms with E-state index in [1.165, 1.54) is 12.4 Å². The van der Waals surface area contributed by atoms with Crippen molar-refractivity contribution in [2.45, 2.75) is 25.8 Å². The highest BCUT2D eigenvalue weighted by molar-refractivity contribution is 5.88. The van der Waals surface area contributed by atoms with Gasteiger partial charge in [-0.3, -0.25) is 0 Å². The van der Waals surface area contributed by atoms with Crippen molar-refractivity contribution < 1.29 is 9.53 Å². The van der Waals surface area contributed by atoms with Crippen LogP contribution in [0.25, 0.3) is 0 Å². The first-order chi connectivity index (χ1) is 9.19. The van der Waals surface area contributed by atoms with Crippen molar-refractivity contribution in [2.75, 3.05) is 32.1 Å². The fourth-order valence-corrected chi connectivity index (χ4v) is 2.06. The summed E-state index contributed by atoms with van der Waals surface area (Å²) in [5, 5.41) is 3.30. The summed E-state index contributed by atoms with van der Waals surface area (Å²) in [4.78, 5) is 22.1. The Morgan fingerprint density at radius 3 is 2.63 bits per heavy atom. The fraction of sp³-hybridized carbons (Fsp3) is 0.615. The van der Waals surface area contributed by atoms with Crippen molar-refractivity contribution >= 4 is 11.9 Å². The number of nitrogens with one attached hydrogen (secondary N) is 1. The molecule has 1 aliphatic rings. The number of esters is 1. The van der Waals surface area contributed by atoms with Gasteiger partial charge in [0.15, 0.2) is 0 Å². The number of carbonyl (C=O) groups is 1. The van der Waals surface area contributed by atoms with E-state index in [9.17, 15) is 4.79 Å². The highest BCUT2D eigenvalue weighted by atomic mass is 16.5. The van der Waals surface area contributed by atoms with Crippen molar-refractivity contribution in [1.29, 1.82) is 0 Å². The summed E-state index contributed by atoms with van der Waals surface area (Å²) >= 11 is 0. The van der Waals surface area contributed by atoms with E-state index in [2.05, 4.69) is 27.2 Å². The molecule has 1 aliphatic heterocycles. The maximum atomic E-state index is 11.5. The smallest absolute Gasteiger partial charge is 0.341 e. The Morgan fingerprint density at radius 2 is 2.05 bits per heavy atom. The second-order valence-corrected chi connectivity index (χ2v) is 4.74. The molecule has 0 aromatic carbocycles. The zero-order valence-electron chi connectivity index (χ0n) is 11.4. The molecule has 0 spiro atoms. The summed E-state index contributed by atoms with van der Waals surface area (Å²) in [5.41, 5.74) is 0.385. The third-order valence-electron chi connectivity index (χ3n) is 3.21. The number of carbonyl (C=O) groups excluding carboxylic acids is 1. The first kappa shape index (κ1) is 13.7. The van der Waals surface area contributed by atoms with E-state index in [1.54, 1.807) is 6.92 Å². The van der Waals surface area contributed by atoms with E-state index in [4.69, 9.17) is 4.74 Å². The number of hydrogen-bond donors (Lipinski definition) is 1. The maximum Gasteiger partial charge on any atom is 0.341 e. The monoisotopic (exact) mass is 264 g/mol. The van der Waals surface area contributed by atoms with Gasteiger partial charge >= 0.3 is 5.97 Å². The van der Waals surface area contributed by atoms with E-state index in [0.717, 1.165) is 25.9 Å². The second-order valence-electron chi connectivity index (χ2n) is 4.74. The summed E-state index contributed by atoms with van der Waals surface area (Å²) in [6, 6.07) is 0.407. The molecule has 6 heteroatoms. The van der Waals surface area contributed by atoms with E-state index in [-0.39, 0.29) is 5.97 Å². The molecule has 2 heterocycles. The van der Waals surface area contributed by atoms with Crippen molar-refractivity contribution in [3.63, 3.8) is 0 Å². The topological polar surface area (TPSA) is 67.3 Å². The summed E-state index contributed by atoms with van der Waals surface area (Å²) in [6.07, 6.45) is 5.17. The molecule has 19 heavy (non-hydrogen) atoms. The van der Waals surface area contributed by atoms with E-state index in [0.29, 0.717) is 24.2 Å². The maximum absolute atomic E-state index is 11.5. The van der Waals surface area contributed by atoms with Crippen LogP contribution in [-0.4, -0.2) is 53.6 Å². The summed E-state index contributed by atoms with van der Waals surface area (Å²) < 4.78 is 4.88. The van der Waals surface area contributed by atoms with Gasteiger partial charge in [-0.15, -0.1) is 0 Å². The van der Waals surface area contributed by atoms with Crippen LogP contribution in [-0.2, 0) is 4.74 Å². The normalized spacial score (nSPS) is 17.2. The Hall–Kier alpha value is -1.69. The molecule has 0 saturated carbocycles. The standard InChI is InChI=1S/C13H20N4O2/c1-3-19-12(18)10-8-14-13(15-9-10)16-11-4-6-17(2)7-5-11/h8-9,11H,3-7H2,1-2H3,(H,14,15,16). The molecular weight excluding hydrogens is 244 g/mol. The first-order valence-electron chi connectivity index (χ1n) is 6.63. The predicted octanol–water partition coefficient (Wildman–Crippen LogP) is 1.16. The zero-order valence-corrected chi connectivity index (χ0v) is 11.4. The molecule has 1 fully saturated rings. The minimum atomic E-state index is -0.381. The van der Waals surface area contributed by atoms with Gasteiger partial charge in [-0.2, -0.15) is 0 Å². The Balaban J connectivity index is 1.90. The number of anilines is 1. The lowest BCUT2D eigenvalue weighted by Crippen LogP contribution is -2.37. The van der Waals surface area contributed by atoms with Crippen LogP contribution < -0.4 is 5.32 Å². The number of likely N-dealkylation sites (tertiary alicyclic amines) is 1. The zero-order chi connectivity index (χ0) is 13.7. The number of hydrogen-bond acceptors (Lipinski definition) is 6. The molecule has 0 bridgehead atoms. The van der Waals surface area contributed by atoms with Crippen molar-refractivity contribution in [3.05, 3.63) is 18.0 Å². The molecule has 0 amide bonds. The van der Waals surface area contributed by atoms with Gasteiger partial charge in [-0.1, -0.05) is 0 Å². The van der Waals surface area contributed by atoms with E-state index >= 15 is 0 Å². The minimum Gasteiger partial charge on any atom is -0.462 e. The summed E-state index contributed by atoms with van der Waals surface area (Å²) in [6.45, 7) is 4.29. The van der Waals surface area contributed by atoms with E-state index < -0.39 is 0 Å². The number of piperidine rings is 1. The van der Waals surface area contributed by atoms with Crippen LogP contribution in [0, 0.1) is 0 Å².